The third-order valence-corrected chi connectivity index (χ3v) is 6.77. The maximum atomic E-state index is 12.1. The van der Waals surface area contributed by atoms with Crippen LogP contribution >= 0.6 is 0 Å². The van der Waals surface area contributed by atoms with Crippen LogP contribution in [-0.2, 0) is 6.42 Å². The molecule has 0 aliphatic rings. The van der Waals surface area contributed by atoms with Gasteiger partial charge in [-0.05, 0) is 74.3 Å². The highest BCUT2D eigenvalue weighted by Crippen LogP contribution is 2.36. The van der Waals surface area contributed by atoms with E-state index in [4.69, 9.17) is 11.5 Å². The lowest BCUT2D eigenvalue weighted by Crippen LogP contribution is -2.12. The van der Waals surface area contributed by atoms with Crippen LogP contribution in [-0.4, -0.2) is 11.8 Å². The number of fused-ring (bicyclic) bond motifs is 2. The lowest BCUT2D eigenvalue weighted by atomic mass is 9.85. The van der Waals surface area contributed by atoms with Crippen LogP contribution in [0.5, 0.6) is 0 Å². The first kappa shape index (κ1) is 22.4. The van der Waals surface area contributed by atoms with Gasteiger partial charge >= 0.3 is 0 Å². The van der Waals surface area contributed by atoms with Crippen LogP contribution < -0.4 is 11.5 Å². The average Bonchev–Trinajstić information content (AvgIpc) is 2.88. The smallest absolute Gasteiger partial charge is 0.249 e. The molecule has 5 aromatic carbocycles. The Morgan fingerprint density at radius 1 is 0.686 bits per heavy atom. The van der Waals surface area contributed by atoms with Gasteiger partial charge in [-0.3, -0.25) is 9.59 Å². The highest BCUT2D eigenvalue weighted by atomic mass is 16.1. The molecule has 5 rings (SSSR count). The van der Waals surface area contributed by atoms with Crippen molar-refractivity contribution in [2.45, 2.75) is 19.3 Å². The van der Waals surface area contributed by atoms with Crippen LogP contribution in [0.1, 0.15) is 44.7 Å². The van der Waals surface area contributed by atoms with Crippen molar-refractivity contribution in [1.29, 1.82) is 0 Å². The zero-order valence-electron chi connectivity index (χ0n) is 19.5. The normalized spacial score (nSPS) is 12.0. The molecular weight excluding hydrogens is 432 g/mol. The molecular formula is C31H26N2O2. The molecule has 2 amide bonds. The molecule has 0 aliphatic heterocycles. The summed E-state index contributed by atoms with van der Waals surface area (Å²) in [5, 5.41) is 3.66. The van der Waals surface area contributed by atoms with Crippen molar-refractivity contribution < 1.29 is 9.59 Å². The van der Waals surface area contributed by atoms with Gasteiger partial charge in [0.25, 0.3) is 0 Å². The maximum absolute atomic E-state index is 12.1. The van der Waals surface area contributed by atoms with Gasteiger partial charge in [-0.2, -0.15) is 0 Å². The van der Waals surface area contributed by atoms with Gasteiger partial charge in [0.1, 0.15) is 0 Å². The fourth-order valence-electron chi connectivity index (χ4n) is 5.00. The molecule has 0 saturated carbocycles. The third kappa shape index (κ3) is 4.15. The summed E-state index contributed by atoms with van der Waals surface area (Å²) in [6.07, 6.45) is 0.790. The van der Waals surface area contributed by atoms with Gasteiger partial charge in [-0.1, -0.05) is 85.8 Å². The molecule has 4 nitrogen and oxygen atoms in total. The molecule has 35 heavy (non-hydrogen) atoms. The zero-order valence-corrected chi connectivity index (χ0v) is 19.5. The summed E-state index contributed by atoms with van der Waals surface area (Å²) in [6, 6.07) is 31.9. The SMILES string of the molecule is C[C@@H](Cc1c(-c2ccc3c(C(N)=O)cccc3c2)ccc2c(C(N)=O)cccc12)c1ccccc1. The average molecular weight is 459 g/mol. The largest absolute Gasteiger partial charge is 0.366 e. The van der Waals surface area contributed by atoms with Gasteiger partial charge in [0.05, 0.1) is 0 Å². The van der Waals surface area contributed by atoms with E-state index in [1.54, 1.807) is 12.1 Å². The number of carbonyl (C=O) groups is 2. The number of hydrogen-bond donors (Lipinski definition) is 2. The van der Waals surface area contributed by atoms with Gasteiger partial charge in [0, 0.05) is 11.1 Å². The minimum Gasteiger partial charge on any atom is -0.366 e. The first-order chi connectivity index (χ1) is 16.9. The Bertz CT molecular complexity index is 1590. The van der Waals surface area contributed by atoms with Gasteiger partial charge in [0.15, 0.2) is 0 Å². The van der Waals surface area contributed by atoms with Crippen molar-refractivity contribution in [3.63, 3.8) is 0 Å². The summed E-state index contributed by atoms with van der Waals surface area (Å²) in [7, 11) is 0. The standard InChI is InChI=1S/C31H26N2O2/c1-19(20-7-3-2-4-8-20)17-29-24(15-16-26-25(29)10-6-12-28(26)31(33)35)22-13-14-23-21(18-22)9-5-11-27(23)30(32)34/h2-16,18-19H,17H2,1H3,(H2,32,34)(H2,33,35)/t19-/m0/s1. The van der Waals surface area contributed by atoms with E-state index in [1.165, 1.54) is 5.56 Å². The van der Waals surface area contributed by atoms with E-state index in [0.29, 0.717) is 11.1 Å². The number of carbonyl (C=O) groups excluding carboxylic acids is 2. The van der Waals surface area contributed by atoms with Gasteiger partial charge in [-0.15, -0.1) is 0 Å². The van der Waals surface area contributed by atoms with Crippen LogP contribution in [0.2, 0.25) is 0 Å². The quantitative estimate of drug-likeness (QED) is 0.317. The summed E-state index contributed by atoms with van der Waals surface area (Å²) in [5.74, 6) is -0.611. The number of amides is 2. The molecule has 1 atom stereocenters. The highest BCUT2D eigenvalue weighted by Gasteiger charge is 2.17. The van der Waals surface area contributed by atoms with E-state index in [1.807, 2.05) is 42.5 Å². The lowest BCUT2D eigenvalue weighted by molar-refractivity contribution is 0.0993. The molecule has 0 fully saturated rings. The molecule has 172 valence electrons. The van der Waals surface area contributed by atoms with Crippen molar-refractivity contribution in [3.05, 3.63) is 119 Å². The molecule has 0 aromatic heterocycles. The minimum atomic E-state index is -0.439. The van der Waals surface area contributed by atoms with E-state index in [-0.39, 0.29) is 5.92 Å². The zero-order chi connectivity index (χ0) is 24.5. The van der Waals surface area contributed by atoms with Gasteiger partial charge < -0.3 is 11.5 Å². The predicted molar refractivity (Wildman–Crippen MR) is 142 cm³/mol. The van der Waals surface area contributed by atoms with Gasteiger partial charge in [0.2, 0.25) is 11.8 Å². The first-order valence-corrected chi connectivity index (χ1v) is 11.7. The molecule has 0 heterocycles. The Kier molecular flexibility index (Phi) is 5.79. The number of hydrogen-bond acceptors (Lipinski definition) is 2. The minimum absolute atomic E-state index is 0.264. The van der Waals surface area contributed by atoms with Gasteiger partial charge in [-0.25, -0.2) is 0 Å². The third-order valence-electron chi connectivity index (χ3n) is 6.77. The van der Waals surface area contributed by atoms with Crippen molar-refractivity contribution in [2.24, 2.45) is 11.5 Å². The molecule has 0 spiro atoms. The van der Waals surface area contributed by atoms with E-state index in [2.05, 4.69) is 49.4 Å². The van der Waals surface area contributed by atoms with Crippen LogP contribution in [0.25, 0.3) is 32.7 Å². The molecule has 0 radical (unpaired) electrons. The van der Waals surface area contributed by atoms with E-state index in [0.717, 1.165) is 44.7 Å². The lowest BCUT2D eigenvalue weighted by Gasteiger charge is -2.19. The number of benzene rings is 5. The second kappa shape index (κ2) is 9.07. The predicted octanol–water partition coefficient (Wildman–Crippen LogP) is 6.20. The Morgan fingerprint density at radius 3 is 2.06 bits per heavy atom. The maximum Gasteiger partial charge on any atom is 0.249 e. The molecule has 0 unspecified atom stereocenters. The second-order valence-corrected chi connectivity index (χ2v) is 8.98. The summed E-state index contributed by atoms with van der Waals surface area (Å²) < 4.78 is 0. The van der Waals surface area contributed by atoms with Crippen molar-refractivity contribution >= 4 is 33.4 Å². The molecule has 0 aliphatic carbocycles. The molecule has 0 saturated heterocycles. The second-order valence-electron chi connectivity index (χ2n) is 8.98. The van der Waals surface area contributed by atoms with Crippen LogP contribution in [0.4, 0.5) is 0 Å². The van der Waals surface area contributed by atoms with E-state index in [9.17, 15) is 9.59 Å². The number of rotatable bonds is 6. The molecule has 0 bridgehead atoms. The number of nitrogens with two attached hydrogens (primary N) is 2. The summed E-state index contributed by atoms with van der Waals surface area (Å²) in [5.41, 5.74) is 16.9. The van der Waals surface area contributed by atoms with Crippen LogP contribution in [0.15, 0.2) is 97.1 Å². The number of primary amides is 2. The van der Waals surface area contributed by atoms with E-state index >= 15 is 0 Å². The van der Waals surface area contributed by atoms with Crippen molar-refractivity contribution in [2.75, 3.05) is 0 Å². The molecule has 4 N–H and O–H groups in total. The Hall–Kier alpha value is -4.44. The van der Waals surface area contributed by atoms with Crippen LogP contribution in [0.3, 0.4) is 0 Å². The van der Waals surface area contributed by atoms with E-state index < -0.39 is 11.8 Å². The van der Waals surface area contributed by atoms with Crippen molar-refractivity contribution in [1.82, 2.24) is 0 Å². The van der Waals surface area contributed by atoms with Crippen LogP contribution in [0, 0.1) is 0 Å². The Morgan fingerprint density at radius 2 is 1.34 bits per heavy atom. The first-order valence-electron chi connectivity index (χ1n) is 11.7. The Labute approximate surface area is 204 Å². The topological polar surface area (TPSA) is 86.2 Å². The monoisotopic (exact) mass is 458 g/mol. The summed E-state index contributed by atoms with van der Waals surface area (Å²) in [4.78, 5) is 24.0. The summed E-state index contributed by atoms with van der Waals surface area (Å²) >= 11 is 0. The molecule has 4 heteroatoms. The molecule has 5 aromatic rings. The Balaban J connectivity index is 1.72. The summed E-state index contributed by atoms with van der Waals surface area (Å²) in [6.45, 7) is 2.22. The fourth-order valence-corrected chi connectivity index (χ4v) is 5.00. The fraction of sp³-hybridized carbons (Fsp3) is 0.0968. The highest BCUT2D eigenvalue weighted by molar-refractivity contribution is 6.09. The van der Waals surface area contributed by atoms with Crippen molar-refractivity contribution in [3.8, 4) is 11.1 Å².